The van der Waals surface area contributed by atoms with Crippen LogP contribution in [0.1, 0.15) is 17.1 Å². The highest BCUT2D eigenvalue weighted by atomic mass is 35.5. The number of nitrogens with zero attached hydrogens (tertiary/aromatic N) is 1. The third kappa shape index (κ3) is 4.32. The molecule has 1 aromatic carbocycles. The molecule has 1 N–H and O–H groups in total. The average molecular weight is 417 g/mol. The standard InChI is InChI=1S/C20H17ClN2O4S/c1-3-8-23-19(25)16(18(24)22-20(23)28)10-14-4-5-15(27-14)11-26-13-6-7-17(21)12(2)9-13/h3-7,9-10H,1,8,11H2,2H3,(H,22,24,28). The predicted octanol–water partition coefficient (Wildman–Crippen LogP) is 3.63. The van der Waals surface area contributed by atoms with E-state index in [-0.39, 0.29) is 23.8 Å². The first-order valence-corrected chi connectivity index (χ1v) is 9.15. The Morgan fingerprint density at radius 1 is 1.32 bits per heavy atom. The maximum Gasteiger partial charge on any atom is 0.266 e. The molecular formula is C20H17ClN2O4S. The summed E-state index contributed by atoms with van der Waals surface area (Å²) in [6, 6.07) is 8.73. The molecule has 1 aliphatic rings. The van der Waals surface area contributed by atoms with Crippen LogP contribution in [0, 0.1) is 6.92 Å². The van der Waals surface area contributed by atoms with Crippen LogP contribution in [0.25, 0.3) is 6.08 Å². The molecule has 0 atom stereocenters. The van der Waals surface area contributed by atoms with Gasteiger partial charge in [0.15, 0.2) is 5.11 Å². The quantitative estimate of drug-likeness (QED) is 0.337. The molecule has 1 aliphatic heterocycles. The average Bonchev–Trinajstić information content (AvgIpc) is 3.11. The van der Waals surface area contributed by atoms with Gasteiger partial charge in [-0.05, 0) is 61.1 Å². The van der Waals surface area contributed by atoms with Crippen LogP contribution in [0.5, 0.6) is 5.75 Å². The minimum atomic E-state index is -0.568. The molecule has 0 aliphatic carbocycles. The molecule has 1 saturated heterocycles. The molecule has 0 spiro atoms. The number of hydrogen-bond donors (Lipinski definition) is 1. The molecule has 0 saturated carbocycles. The number of aryl methyl sites for hydroxylation is 1. The zero-order valence-corrected chi connectivity index (χ0v) is 16.6. The summed E-state index contributed by atoms with van der Waals surface area (Å²) < 4.78 is 11.3. The van der Waals surface area contributed by atoms with E-state index in [1.807, 2.05) is 13.0 Å². The van der Waals surface area contributed by atoms with Crippen LogP contribution in [-0.4, -0.2) is 28.4 Å². The van der Waals surface area contributed by atoms with Gasteiger partial charge in [-0.25, -0.2) is 0 Å². The van der Waals surface area contributed by atoms with Gasteiger partial charge in [0.05, 0.1) is 0 Å². The van der Waals surface area contributed by atoms with E-state index >= 15 is 0 Å². The van der Waals surface area contributed by atoms with Gasteiger partial charge in [-0.15, -0.1) is 6.58 Å². The van der Waals surface area contributed by atoms with Crippen molar-refractivity contribution in [3.8, 4) is 5.75 Å². The fraction of sp³-hybridized carbons (Fsp3) is 0.150. The molecule has 3 rings (SSSR count). The van der Waals surface area contributed by atoms with Crippen LogP contribution in [-0.2, 0) is 16.2 Å². The Morgan fingerprint density at radius 3 is 2.82 bits per heavy atom. The van der Waals surface area contributed by atoms with Gasteiger partial charge in [0.25, 0.3) is 11.8 Å². The molecule has 2 amide bonds. The molecule has 6 nitrogen and oxygen atoms in total. The lowest BCUT2D eigenvalue weighted by Crippen LogP contribution is -2.53. The summed E-state index contributed by atoms with van der Waals surface area (Å²) in [5, 5.41) is 3.20. The molecule has 1 aromatic heterocycles. The van der Waals surface area contributed by atoms with Crippen LogP contribution < -0.4 is 10.1 Å². The zero-order chi connectivity index (χ0) is 20.3. The normalized spacial score (nSPS) is 15.7. The topological polar surface area (TPSA) is 71.8 Å². The molecule has 0 radical (unpaired) electrons. The fourth-order valence-corrected chi connectivity index (χ4v) is 2.91. The third-order valence-electron chi connectivity index (χ3n) is 3.98. The number of benzene rings is 1. The highest BCUT2D eigenvalue weighted by Crippen LogP contribution is 2.23. The number of thiocarbonyl (C=S) groups is 1. The summed E-state index contributed by atoms with van der Waals surface area (Å²) in [7, 11) is 0. The van der Waals surface area contributed by atoms with Gasteiger partial charge in [-0.1, -0.05) is 17.7 Å². The van der Waals surface area contributed by atoms with E-state index in [9.17, 15) is 9.59 Å². The Bertz CT molecular complexity index is 996. The molecule has 0 unspecified atom stereocenters. The lowest BCUT2D eigenvalue weighted by atomic mass is 10.1. The highest BCUT2D eigenvalue weighted by molar-refractivity contribution is 7.80. The summed E-state index contributed by atoms with van der Waals surface area (Å²) in [6.07, 6.45) is 2.91. The Hall–Kier alpha value is -2.90. The van der Waals surface area contributed by atoms with Crippen molar-refractivity contribution in [1.82, 2.24) is 10.2 Å². The smallest absolute Gasteiger partial charge is 0.266 e. The molecule has 2 heterocycles. The van der Waals surface area contributed by atoms with Crippen molar-refractivity contribution in [1.29, 1.82) is 0 Å². The van der Waals surface area contributed by atoms with Gasteiger partial charge < -0.3 is 9.15 Å². The van der Waals surface area contributed by atoms with Crippen LogP contribution in [0.2, 0.25) is 5.02 Å². The molecule has 1 fully saturated rings. The minimum absolute atomic E-state index is 0.0545. The van der Waals surface area contributed by atoms with Crippen molar-refractivity contribution in [2.75, 3.05) is 6.54 Å². The molecular weight excluding hydrogens is 400 g/mol. The summed E-state index contributed by atoms with van der Waals surface area (Å²) in [5.41, 5.74) is 0.846. The maximum absolute atomic E-state index is 12.5. The van der Waals surface area contributed by atoms with Gasteiger partial charge >= 0.3 is 0 Å². The van der Waals surface area contributed by atoms with E-state index < -0.39 is 11.8 Å². The van der Waals surface area contributed by atoms with Gasteiger partial charge in [0.1, 0.15) is 29.4 Å². The van der Waals surface area contributed by atoms with Crippen molar-refractivity contribution in [2.24, 2.45) is 0 Å². The van der Waals surface area contributed by atoms with Gasteiger partial charge in [-0.3, -0.25) is 19.8 Å². The van der Waals surface area contributed by atoms with Gasteiger partial charge in [0.2, 0.25) is 0 Å². The first-order valence-electron chi connectivity index (χ1n) is 8.36. The molecule has 144 valence electrons. The van der Waals surface area contributed by atoms with E-state index in [2.05, 4.69) is 11.9 Å². The molecule has 8 heteroatoms. The number of carbonyl (C=O) groups excluding carboxylic acids is 2. The van der Waals surface area contributed by atoms with Crippen molar-refractivity contribution in [2.45, 2.75) is 13.5 Å². The number of furan rings is 1. The first kappa shape index (κ1) is 19.9. The van der Waals surface area contributed by atoms with Gasteiger partial charge in [0, 0.05) is 11.6 Å². The van der Waals surface area contributed by atoms with E-state index in [4.69, 9.17) is 33.0 Å². The lowest BCUT2D eigenvalue weighted by molar-refractivity contribution is -0.128. The minimum Gasteiger partial charge on any atom is -0.486 e. The fourth-order valence-electron chi connectivity index (χ4n) is 2.54. The second-order valence-corrected chi connectivity index (χ2v) is 6.82. The van der Waals surface area contributed by atoms with E-state index in [0.29, 0.717) is 22.3 Å². The van der Waals surface area contributed by atoms with Crippen molar-refractivity contribution in [3.05, 3.63) is 70.7 Å². The third-order valence-corrected chi connectivity index (χ3v) is 4.72. The van der Waals surface area contributed by atoms with Crippen molar-refractivity contribution in [3.63, 3.8) is 0 Å². The summed E-state index contributed by atoms with van der Waals surface area (Å²) in [6.45, 7) is 5.87. The van der Waals surface area contributed by atoms with E-state index in [1.165, 1.54) is 17.1 Å². The second-order valence-electron chi connectivity index (χ2n) is 6.03. The monoisotopic (exact) mass is 416 g/mol. The largest absolute Gasteiger partial charge is 0.486 e. The number of halogens is 1. The number of hydrogen-bond acceptors (Lipinski definition) is 5. The van der Waals surface area contributed by atoms with Crippen LogP contribution in [0.15, 0.2) is 53.0 Å². The lowest BCUT2D eigenvalue weighted by Gasteiger charge is -2.27. The van der Waals surface area contributed by atoms with Crippen LogP contribution in [0.3, 0.4) is 0 Å². The number of ether oxygens (including phenoxy) is 1. The summed E-state index contributed by atoms with van der Waals surface area (Å²) >= 11 is 11.0. The van der Waals surface area contributed by atoms with Crippen molar-refractivity contribution < 1.29 is 18.7 Å². The Morgan fingerprint density at radius 2 is 2.11 bits per heavy atom. The molecule has 2 aromatic rings. The number of rotatable bonds is 6. The molecule has 0 bridgehead atoms. The summed E-state index contributed by atoms with van der Waals surface area (Å²) in [4.78, 5) is 25.9. The first-order chi connectivity index (χ1) is 13.4. The van der Waals surface area contributed by atoms with E-state index in [1.54, 1.807) is 24.3 Å². The Balaban J connectivity index is 1.72. The molecule has 28 heavy (non-hydrogen) atoms. The van der Waals surface area contributed by atoms with Crippen LogP contribution >= 0.6 is 23.8 Å². The number of nitrogens with one attached hydrogen (secondary N) is 1. The highest BCUT2D eigenvalue weighted by Gasteiger charge is 2.32. The number of carbonyl (C=O) groups is 2. The van der Waals surface area contributed by atoms with Crippen LogP contribution in [0.4, 0.5) is 0 Å². The maximum atomic E-state index is 12.5. The predicted molar refractivity (Wildman–Crippen MR) is 110 cm³/mol. The van der Waals surface area contributed by atoms with E-state index in [0.717, 1.165) is 5.56 Å². The Labute approximate surface area is 172 Å². The van der Waals surface area contributed by atoms with Crippen molar-refractivity contribution >= 4 is 46.8 Å². The SMILES string of the molecule is C=CCN1C(=O)C(=Cc2ccc(COc3ccc(Cl)c(C)c3)o2)C(=O)NC1=S. The summed E-state index contributed by atoms with van der Waals surface area (Å²) in [5.74, 6) is 0.492. The Kier molecular flexibility index (Phi) is 5.96. The number of amides is 2. The zero-order valence-electron chi connectivity index (χ0n) is 15.0. The second kappa shape index (κ2) is 8.41. The van der Waals surface area contributed by atoms with Gasteiger partial charge in [-0.2, -0.15) is 0 Å².